The van der Waals surface area contributed by atoms with Crippen LogP contribution in [0.1, 0.15) is 40.0 Å². The van der Waals surface area contributed by atoms with Gasteiger partial charge in [-0.2, -0.15) is 0 Å². The Morgan fingerprint density at radius 3 is 2.17 bits per heavy atom. The molecule has 0 fully saturated rings. The molecule has 0 unspecified atom stereocenters. The van der Waals surface area contributed by atoms with E-state index in [1.807, 2.05) is 51.1 Å². The molecule has 0 aliphatic rings. The molecular formula is C24H28O5. The van der Waals surface area contributed by atoms with Gasteiger partial charge in [0.1, 0.15) is 22.5 Å². The first-order valence-electron chi connectivity index (χ1n) is 10.3. The maximum Gasteiger partial charge on any atom is 0.239 e. The number of rotatable bonds is 10. The second-order valence-electron chi connectivity index (χ2n) is 6.80. The molecule has 0 N–H and O–H groups in total. The quantitative estimate of drug-likeness (QED) is 0.432. The lowest BCUT2D eigenvalue weighted by Gasteiger charge is -2.15. The molecule has 2 aromatic carbocycles. The lowest BCUT2D eigenvalue weighted by atomic mass is 10.1. The van der Waals surface area contributed by atoms with Crippen LogP contribution in [0.25, 0.3) is 22.3 Å². The summed E-state index contributed by atoms with van der Waals surface area (Å²) < 4.78 is 23.7. The first kappa shape index (κ1) is 20.8. The summed E-state index contributed by atoms with van der Waals surface area (Å²) in [7, 11) is 0. The van der Waals surface area contributed by atoms with Crippen molar-refractivity contribution in [3.63, 3.8) is 0 Å². The van der Waals surface area contributed by atoms with E-state index in [-0.39, 0.29) is 11.2 Å². The van der Waals surface area contributed by atoms with Gasteiger partial charge in [0, 0.05) is 17.7 Å². The Morgan fingerprint density at radius 1 is 0.828 bits per heavy atom. The van der Waals surface area contributed by atoms with Gasteiger partial charge in [0.15, 0.2) is 5.76 Å². The van der Waals surface area contributed by atoms with Crippen LogP contribution in [0.5, 0.6) is 17.2 Å². The van der Waals surface area contributed by atoms with Gasteiger partial charge in [0.25, 0.3) is 0 Å². The topological polar surface area (TPSA) is 57.9 Å². The van der Waals surface area contributed by atoms with Crippen molar-refractivity contribution >= 4 is 11.0 Å². The number of hydrogen-bond donors (Lipinski definition) is 0. The SMILES string of the molecule is CCCOc1cc(OCCC)c2c(=O)c(OCCC)c(-c3ccccc3)oc2c1. The van der Waals surface area contributed by atoms with Gasteiger partial charge in [0.05, 0.1) is 19.8 Å². The van der Waals surface area contributed by atoms with E-state index in [2.05, 4.69) is 0 Å². The average Bonchev–Trinajstić information content (AvgIpc) is 2.75. The van der Waals surface area contributed by atoms with Crippen molar-refractivity contribution in [2.75, 3.05) is 19.8 Å². The number of fused-ring (bicyclic) bond motifs is 1. The first-order valence-corrected chi connectivity index (χ1v) is 10.3. The minimum Gasteiger partial charge on any atom is -0.493 e. The van der Waals surface area contributed by atoms with E-state index >= 15 is 0 Å². The van der Waals surface area contributed by atoms with Crippen LogP contribution in [0, 0.1) is 0 Å². The Labute approximate surface area is 171 Å². The number of hydrogen-bond acceptors (Lipinski definition) is 5. The zero-order valence-corrected chi connectivity index (χ0v) is 17.3. The van der Waals surface area contributed by atoms with E-state index in [1.165, 1.54) is 0 Å². The van der Waals surface area contributed by atoms with Gasteiger partial charge in [-0.05, 0) is 19.3 Å². The van der Waals surface area contributed by atoms with Crippen LogP contribution < -0.4 is 19.6 Å². The molecule has 154 valence electrons. The third kappa shape index (κ3) is 4.73. The highest BCUT2D eigenvalue weighted by atomic mass is 16.5. The van der Waals surface area contributed by atoms with Crippen molar-refractivity contribution in [2.24, 2.45) is 0 Å². The fourth-order valence-corrected chi connectivity index (χ4v) is 2.99. The van der Waals surface area contributed by atoms with Crippen molar-refractivity contribution in [3.05, 3.63) is 52.7 Å². The first-order chi connectivity index (χ1) is 14.2. The van der Waals surface area contributed by atoms with Crippen LogP contribution in [-0.4, -0.2) is 19.8 Å². The van der Waals surface area contributed by atoms with Crippen LogP contribution >= 0.6 is 0 Å². The zero-order chi connectivity index (χ0) is 20.6. The van der Waals surface area contributed by atoms with E-state index in [0.29, 0.717) is 48.0 Å². The fraction of sp³-hybridized carbons (Fsp3) is 0.375. The van der Waals surface area contributed by atoms with E-state index in [1.54, 1.807) is 12.1 Å². The maximum absolute atomic E-state index is 13.4. The molecule has 5 heteroatoms. The number of benzene rings is 2. The van der Waals surface area contributed by atoms with E-state index in [4.69, 9.17) is 18.6 Å². The van der Waals surface area contributed by atoms with Crippen molar-refractivity contribution in [3.8, 4) is 28.6 Å². The van der Waals surface area contributed by atoms with E-state index < -0.39 is 0 Å². The largest absolute Gasteiger partial charge is 0.493 e. The highest BCUT2D eigenvalue weighted by Gasteiger charge is 2.21. The Bertz CT molecular complexity index is 992. The second-order valence-corrected chi connectivity index (χ2v) is 6.80. The Kier molecular flexibility index (Phi) is 7.17. The molecule has 0 radical (unpaired) electrons. The molecule has 5 nitrogen and oxygen atoms in total. The Balaban J connectivity index is 2.25. The maximum atomic E-state index is 13.4. The Hall–Kier alpha value is -2.95. The lowest BCUT2D eigenvalue weighted by molar-refractivity contribution is 0.300. The van der Waals surface area contributed by atoms with Crippen molar-refractivity contribution in [1.82, 2.24) is 0 Å². The van der Waals surface area contributed by atoms with Crippen LogP contribution in [0.3, 0.4) is 0 Å². The molecule has 0 atom stereocenters. The van der Waals surface area contributed by atoms with Gasteiger partial charge in [0.2, 0.25) is 11.2 Å². The van der Waals surface area contributed by atoms with E-state index in [9.17, 15) is 4.79 Å². The molecule has 1 heterocycles. The van der Waals surface area contributed by atoms with Crippen molar-refractivity contribution < 1.29 is 18.6 Å². The van der Waals surface area contributed by atoms with Crippen molar-refractivity contribution in [2.45, 2.75) is 40.0 Å². The van der Waals surface area contributed by atoms with Gasteiger partial charge < -0.3 is 18.6 Å². The van der Waals surface area contributed by atoms with E-state index in [0.717, 1.165) is 24.8 Å². The highest BCUT2D eigenvalue weighted by Crippen LogP contribution is 2.36. The predicted octanol–water partition coefficient (Wildman–Crippen LogP) is 5.83. The molecule has 3 rings (SSSR count). The smallest absolute Gasteiger partial charge is 0.239 e. The third-order valence-electron chi connectivity index (χ3n) is 4.31. The van der Waals surface area contributed by atoms with Crippen LogP contribution in [-0.2, 0) is 0 Å². The normalized spacial score (nSPS) is 10.9. The van der Waals surface area contributed by atoms with Gasteiger partial charge in [-0.15, -0.1) is 0 Å². The predicted molar refractivity (Wildman–Crippen MR) is 115 cm³/mol. The fourth-order valence-electron chi connectivity index (χ4n) is 2.99. The molecule has 0 aliphatic heterocycles. The minimum atomic E-state index is -0.230. The Morgan fingerprint density at radius 2 is 1.48 bits per heavy atom. The molecule has 3 aromatic rings. The summed E-state index contributed by atoms with van der Waals surface area (Å²) in [6, 6.07) is 13.0. The van der Waals surface area contributed by atoms with Crippen LogP contribution in [0.4, 0.5) is 0 Å². The summed E-state index contributed by atoms with van der Waals surface area (Å²) >= 11 is 0. The molecule has 1 aromatic heterocycles. The summed E-state index contributed by atoms with van der Waals surface area (Å²) in [5.74, 6) is 1.72. The standard InChI is InChI=1S/C24H28O5/c1-4-12-26-18-15-19(27-13-5-2)21-20(16-18)29-23(17-10-8-7-9-11-17)24(22(21)25)28-14-6-3/h7-11,15-16H,4-6,12-14H2,1-3H3. The molecule has 29 heavy (non-hydrogen) atoms. The minimum absolute atomic E-state index is 0.217. The third-order valence-corrected chi connectivity index (χ3v) is 4.31. The van der Waals surface area contributed by atoms with Gasteiger partial charge in [-0.1, -0.05) is 51.1 Å². The molecule has 0 amide bonds. The average molecular weight is 396 g/mol. The summed E-state index contributed by atoms with van der Waals surface area (Å²) in [6.45, 7) is 7.56. The van der Waals surface area contributed by atoms with Crippen molar-refractivity contribution in [1.29, 1.82) is 0 Å². The van der Waals surface area contributed by atoms with Gasteiger partial charge in [-0.3, -0.25) is 4.79 Å². The summed E-state index contributed by atoms with van der Waals surface area (Å²) in [5, 5.41) is 0.382. The number of ether oxygens (including phenoxy) is 3. The second kappa shape index (κ2) is 10.0. The monoisotopic (exact) mass is 396 g/mol. The summed E-state index contributed by atoms with van der Waals surface area (Å²) in [6.07, 6.45) is 2.50. The van der Waals surface area contributed by atoms with Gasteiger partial charge >= 0.3 is 0 Å². The molecule has 0 saturated heterocycles. The molecular weight excluding hydrogens is 368 g/mol. The highest BCUT2D eigenvalue weighted by molar-refractivity contribution is 5.88. The van der Waals surface area contributed by atoms with Gasteiger partial charge in [-0.25, -0.2) is 0 Å². The molecule has 0 spiro atoms. The molecule has 0 aliphatic carbocycles. The summed E-state index contributed by atoms with van der Waals surface area (Å²) in [4.78, 5) is 13.4. The lowest BCUT2D eigenvalue weighted by Crippen LogP contribution is -2.12. The molecule has 0 bridgehead atoms. The van der Waals surface area contributed by atoms with Crippen LogP contribution in [0.2, 0.25) is 0 Å². The summed E-state index contributed by atoms with van der Waals surface area (Å²) in [5.41, 5.74) is 0.984. The van der Waals surface area contributed by atoms with Crippen LogP contribution in [0.15, 0.2) is 51.7 Å². The zero-order valence-electron chi connectivity index (χ0n) is 17.3. The molecule has 0 saturated carbocycles.